The molecule has 0 aliphatic rings. The van der Waals surface area contributed by atoms with E-state index >= 15 is 0 Å². The summed E-state index contributed by atoms with van der Waals surface area (Å²) in [6, 6.07) is 2.73. The first kappa shape index (κ1) is 15.5. The fraction of sp³-hybridized carbons (Fsp3) is 0.364. The second-order valence-corrected chi connectivity index (χ2v) is 3.62. The van der Waals surface area contributed by atoms with Crippen LogP contribution in [0.15, 0.2) is 12.1 Å². The number of phenols is 1. The highest BCUT2D eigenvalue weighted by atomic mass is 35.5. The van der Waals surface area contributed by atoms with Gasteiger partial charge in [-0.15, -0.1) is 12.4 Å². The fourth-order valence-corrected chi connectivity index (χ4v) is 1.56. The minimum Gasteiger partial charge on any atom is -0.505 e. The summed E-state index contributed by atoms with van der Waals surface area (Å²) >= 11 is 0. The van der Waals surface area contributed by atoms with E-state index < -0.39 is 12.0 Å². The molecule has 96 valence electrons. The van der Waals surface area contributed by atoms with Crippen LogP contribution in [0.25, 0.3) is 0 Å². The normalized spacial score (nSPS) is 11.5. The molecule has 5 nitrogen and oxygen atoms in total. The number of nitrogens with two attached hydrogens (primary N) is 2. The van der Waals surface area contributed by atoms with Crippen LogP contribution in [0.2, 0.25) is 0 Å². The molecule has 0 unspecified atom stereocenters. The Hall–Kier alpha value is -1.46. The van der Waals surface area contributed by atoms with Crippen molar-refractivity contribution in [3.8, 4) is 5.75 Å². The molecule has 0 aliphatic carbocycles. The molecule has 0 radical (unpaired) electrons. The van der Waals surface area contributed by atoms with Gasteiger partial charge in [-0.2, -0.15) is 0 Å². The van der Waals surface area contributed by atoms with Crippen LogP contribution in [0.1, 0.15) is 23.6 Å². The maximum Gasteiger partial charge on any atom is 0.307 e. The van der Waals surface area contributed by atoms with E-state index in [0.717, 1.165) is 5.56 Å². The van der Waals surface area contributed by atoms with E-state index in [1.807, 2.05) is 0 Å². The molecule has 1 aromatic rings. The number of phenolic OH excluding ortho intramolecular Hbond substituents is 1. The van der Waals surface area contributed by atoms with Crippen molar-refractivity contribution in [1.82, 2.24) is 0 Å². The summed E-state index contributed by atoms with van der Waals surface area (Å²) in [5.41, 5.74) is 12.9. The molecular weight excluding hydrogens is 244 g/mol. The summed E-state index contributed by atoms with van der Waals surface area (Å²) < 4.78 is 4.52. The second-order valence-electron chi connectivity index (χ2n) is 3.62. The number of rotatable bonds is 3. The molecule has 17 heavy (non-hydrogen) atoms. The van der Waals surface area contributed by atoms with Gasteiger partial charge < -0.3 is 21.3 Å². The number of nitrogen functional groups attached to an aromatic ring is 1. The summed E-state index contributed by atoms with van der Waals surface area (Å²) in [5, 5.41) is 9.78. The van der Waals surface area contributed by atoms with Crippen molar-refractivity contribution in [2.45, 2.75) is 19.4 Å². The molecule has 0 aliphatic heterocycles. The largest absolute Gasteiger partial charge is 0.505 e. The molecule has 0 saturated carbocycles. The highest BCUT2D eigenvalue weighted by Gasteiger charge is 2.18. The summed E-state index contributed by atoms with van der Waals surface area (Å²) in [5.74, 6) is -0.481. The number of halogens is 1. The monoisotopic (exact) mass is 260 g/mol. The molecular formula is C11H17ClN2O3. The number of anilines is 1. The number of carbonyl (C=O) groups is 1. The average molecular weight is 261 g/mol. The van der Waals surface area contributed by atoms with Crippen molar-refractivity contribution in [3.63, 3.8) is 0 Å². The van der Waals surface area contributed by atoms with Gasteiger partial charge in [0, 0.05) is 11.6 Å². The number of methoxy groups -OCH3 is 1. The summed E-state index contributed by atoms with van der Waals surface area (Å²) in [7, 11) is 1.29. The predicted octanol–water partition coefficient (Wildman–Crippen LogP) is 1.27. The maximum absolute atomic E-state index is 11.1. The van der Waals surface area contributed by atoms with Gasteiger partial charge in [-0.05, 0) is 18.6 Å². The lowest BCUT2D eigenvalue weighted by molar-refractivity contribution is -0.141. The topological polar surface area (TPSA) is 98.6 Å². The van der Waals surface area contributed by atoms with Crippen LogP contribution in [0.3, 0.4) is 0 Å². The van der Waals surface area contributed by atoms with Gasteiger partial charge in [-0.1, -0.05) is 6.07 Å². The number of aromatic hydroxyl groups is 1. The third-order valence-corrected chi connectivity index (χ3v) is 2.45. The number of benzene rings is 1. The van der Waals surface area contributed by atoms with Crippen LogP contribution in [0, 0.1) is 6.92 Å². The molecule has 0 saturated heterocycles. The van der Waals surface area contributed by atoms with Gasteiger partial charge in [0.25, 0.3) is 0 Å². The summed E-state index contributed by atoms with van der Waals surface area (Å²) in [6.45, 7) is 1.80. The first-order valence-corrected chi connectivity index (χ1v) is 4.87. The third-order valence-electron chi connectivity index (χ3n) is 2.45. The van der Waals surface area contributed by atoms with Crippen LogP contribution in [-0.4, -0.2) is 18.2 Å². The lowest BCUT2D eigenvalue weighted by atomic mass is 9.97. The molecule has 1 atom stereocenters. The SMILES string of the molecule is COC(=O)C[C@H](N)c1c(C)ccc(N)c1O.Cl. The lowest BCUT2D eigenvalue weighted by Gasteiger charge is -2.16. The Bertz CT molecular complexity index is 410. The first-order chi connectivity index (χ1) is 7.47. The van der Waals surface area contributed by atoms with E-state index in [0.29, 0.717) is 5.56 Å². The average Bonchev–Trinajstić information content (AvgIpc) is 2.24. The smallest absolute Gasteiger partial charge is 0.307 e. The van der Waals surface area contributed by atoms with Gasteiger partial charge in [0.1, 0.15) is 5.75 Å². The lowest BCUT2D eigenvalue weighted by Crippen LogP contribution is -2.17. The van der Waals surface area contributed by atoms with Crippen molar-refractivity contribution in [1.29, 1.82) is 0 Å². The van der Waals surface area contributed by atoms with E-state index in [4.69, 9.17) is 11.5 Å². The van der Waals surface area contributed by atoms with E-state index in [1.165, 1.54) is 7.11 Å². The van der Waals surface area contributed by atoms with Crippen molar-refractivity contribution < 1.29 is 14.6 Å². The summed E-state index contributed by atoms with van der Waals surface area (Å²) in [6.07, 6.45) is 0.00829. The van der Waals surface area contributed by atoms with Crippen molar-refractivity contribution in [2.75, 3.05) is 12.8 Å². The Morgan fingerprint density at radius 1 is 1.53 bits per heavy atom. The Morgan fingerprint density at radius 3 is 2.65 bits per heavy atom. The van der Waals surface area contributed by atoms with Crippen molar-refractivity contribution >= 4 is 24.1 Å². The molecule has 5 N–H and O–H groups in total. The Labute approximate surface area is 106 Å². The van der Waals surface area contributed by atoms with Gasteiger partial charge in [0.15, 0.2) is 0 Å². The molecule has 0 fully saturated rings. The number of ether oxygens (including phenoxy) is 1. The Morgan fingerprint density at radius 2 is 2.12 bits per heavy atom. The number of hydrogen-bond acceptors (Lipinski definition) is 5. The fourth-order valence-electron chi connectivity index (χ4n) is 1.56. The highest BCUT2D eigenvalue weighted by molar-refractivity contribution is 5.85. The third kappa shape index (κ3) is 3.51. The molecule has 6 heteroatoms. The van der Waals surface area contributed by atoms with Gasteiger partial charge in [0.05, 0.1) is 19.2 Å². The number of esters is 1. The number of aryl methyl sites for hydroxylation is 1. The zero-order chi connectivity index (χ0) is 12.3. The predicted molar refractivity (Wildman–Crippen MR) is 68.1 cm³/mol. The molecule has 1 aromatic carbocycles. The van der Waals surface area contributed by atoms with Crippen LogP contribution in [0.5, 0.6) is 5.75 Å². The molecule has 0 heterocycles. The molecule has 0 spiro atoms. The Balaban J connectivity index is 0.00000256. The number of carbonyl (C=O) groups excluding carboxylic acids is 1. The molecule has 0 aromatic heterocycles. The molecule has 0 bridgehead atoms. The van der Waals surface area contributed by atoms with Crippen molar-refractivity contribution in [2.24, 2.45) is 5.73 Å². The van der Waals surface area contributed by atoms with E-state index in [2.05, 4.69) is 4.74 Å². The highest BCUT2D eigenvalue weighted by Crippen LogP contribution is 2.33. The molecule has 1 rings (SSSR count). The van der Waals surface area contributed by atoms with Crippen LogP contribution in [-0.2, 0) is 9.53 Å². The summed E-state index contributed by atoms with van der Waals surface area (Å²) in [4.78, 5) is 11.1. The maximum atomic E-state index is 11.1. The second kappa shape index (κ2) is 6.32. The van der Waals surface area contributed by atoms with E-state index in [9.17, 15) is 9.90 Å². The van der Waals surface area contributed by atoms with E-state index in [-0.39, 0.29) is 30.3 Å². The van der Waals surface area contributed by atoms with Crippen LogP contribution < -0.4 is 11.5 Å². The quantitative estimate of drug-likeness (QED) is 0.432. The minimum absolute atomic E-state index is 0. The molecule has 0 amide bonds. The van der Waals surface area contributed by atoms with Gasteiger partial charge >= 0.3 is 5.97 Å². The minimum atomic E-state index is -0.615. The van der Waals surface area contributed by atoms with Gasteiger partial charge in [0.2, 0.25) is 0 Å². The van der Waals surface area contributed by atoms with Crippen molar-refractivity contribution in [3.05, 3.63) is 23.3 Å². The Kier molecular flexibility index (Phi) is 5.78. The zero-order valence-corrected chi connectivity index (χ0v) is 10.6. The first-order valence-electron chi connectivity index (χ1n) is 4.87. The number of hydrogen-bond donors (Lipinski definition) is 3. The van der Waals surface area contributed by atoms with Gasteiger partial charge in [-0.25, -0.2) is 0 Å². The standard InChI is InChI=1S/C11H16N2O3.ClH/c1-6-3-4-7(12)11(15)10(6)8(13)5-9(14)16-2;/h3-4,8,15H,5,12-13H2,1-2H3;1H/t8-;/m0./s1. The van der Waals surface area contributed by atoms with Gasteiger partial charge in [-0.3, -0.25) is 4.79 Å². The zero-order valence-electron chi connectivity index (χ0n) is 9.77. The van der Waals surface area contributed by atoms with E-state index in [1.54, 1.807) is 19.1 Å². The van der Waals surface area contributed by atoms with Crippen LogP contribution >= 0.6 is 12.4 Å². The van der Waals surface area contributed by atoms with Crippen LogP contribution in [0.4, 0.5) is 5.69 Å².